The first-order valence-corrected chi connectivity index (χ1v) is 22.2. The third-order valence-corrected chi connectivity index (χ3v) is 13.1. The van der Waals surface area contributed by atoms with Crippen molar-refractivity contribution in [3.05, 3.63) is 271 Å². The first-order chi connectivity index (χ1) is 31.7. The molecule has 0 aliphatic heterocycles. The van der Waals surface area contributed by atoms with Crippen LogP contribution in [-0.2, 0) is 6.42 Å². The van der Waals surface area contributed by atoms with Gasteiger partial charge in [0.05, 0.1) is 0 Å². The van der Waals surface area contributed by atoms with Crippen LogP contribution < -0.4 is 9.80 Å². The highest BCUT2D eigenvalue weighted by atomic mass is 15.1. The number of hydrogen-bond acceptors (Lipinski definition) is 2. The van der Waals surface area contributed by atoms with Gasteiger partial charge in [0.2, 0.25) is 0 Å². The second-order valence-electron chi connectivity index (χ2n) is 16.9. The van der Waals surface area contributed by atoms with E-state index in [4.69, 9.17) is 0 Å². The Balaban J connectivity index is 0.878. The molecule has 0 radical (unpaired) electrons. The van der Waals surface area contributed by atoms with Crippen LogP contribution in [0.25, 0.3) is 50.6 Å². The van der Waals surface area contributed by atoms with Crippen LogP contribution in [0, 0.1) is 0 Å². The molecule has 9 aromatic rings. The van der Waals surface area contributed by atoms with Crippen LogP contribution in [0.1, 0.15) is 28.2 Å². The number of rotatable bonds is 9. The molecule has 1 unspecified atom stereocenters. The highest BCUT2D eigenvalue weighted by Crippen LogP contribution is 2.46. The van der Waals surface area contributed by atoms with Gasteiger partial charge in [0.25, 0.3) is 0 Å². The van der Waals surface area contributed by atoms with E-state index in [1.54, 1.807) is 0 Å². The number of anilines is 6. The summed E-state index contributed by atoms with van der Waals surface area (Å²) >= 11 is 0. The van der Waals surface area contributed by atoms with E-state index in [2.05, 4.69) is 259 Å². The highest BCUT2D eigenvalue weighted by molar-refractivity contribution is 5.86. The maximum Gasteiger partial charge on any atom is 0.0467 e. The van der Waals surface area contributed by atoms with Gasteiger partial charge in [0.15, 0.2) is 0 Å². The van der Waals surface area contributed by atoms with E-state index in [1.165, 1.54) is 78.0 Å². The molecule has 0 saturated heterocycles. The summed E-state index contributed by atoms with van der Waals surface area (Å²) in [4.78, 5) is 4.77. The smallest absolute Gasteiger partial charge is 0.0467 e. The zero-order valence-corrected chi connectivity index (χ0v) is 35.4. The van der Waals surface area contributed by atoms with Gasteiger partial charge in [-0.15, -0.1) is 0 Å². The first kappa shape index (κ1) is 37.6. The zero-order valence-electron chi connectivity index (χ0n) is 35.4. The third kappa shape index (κ3) is 6.87. The topological polar surface area (TPSA) is 6.48 Å². The molecule has 3 aliphatic carbocycles. The minimum absolute atomic E-state index is 0.333. The molecule has 0 amide bonds. The molecule has 2 nitrogen and oxygen atoms in total. The molecule has 3 aliphatic rings. The van der Waals surface area contributed by atoms with E-state index in [1.807, 2.05) is 0 Å². The van der Waals surface area contributed by atoms with Crippen molar-refractivity contribution in [3.8, 4) is 44.5 Å². The van der Waals surface area contributed by atoms with Gasteiger partial charge in [-0.1, -0.05) is 176 Å². The predicted molar refractivity (Wildman–Crippen MR) is 269 cm³/mol. The van der Waals surface area contributed by atoms with E-state index in [-0.39, 0.29) is 0 Å². The van der Waals surface area contributed by atoms with Crippen LogP contribution in [0.15, 0.2) is 248 Å². The van der Waals surface area contributed by atoms with Gasteiger partial charge >= 0.3 is 0 Å². The summed E-state index contributed by atoms with van der Waals surface area (Å²) in [5, 5.41) is 0. The summed E-state index contributed by atoms with van der Waals surface area (Å²) in [6.45, 7) is 0. The Bertz CT molecular complexity index is 3170. The summed E-state index contributed by atoms with van der Waals surface area (Å²) in [6, 6.07) is 79.8. The second-order valence-corrected chi connectivity index (χ2v) is 16.9. The van der Waals surface area contributed by atoms with E-state index >= 15 is 0 Å². The summed E-state index contributed by atoms with van der Waals surface area (Å²) in [5.74, 6) is 0.333. The molecule has 1 atom stereocenters. The predicted octanol–water partition coefficient (Wildman–Crippen LogP) is 16.8. The lowest BCUT2D eigenvalue weighted by atomic mass is 9.92. The fraction of sp³-hybridized carbons (Fsp3) is 0.0323. The van der Waals surface area contributed by atoms with Gasteiger partial charge in [-0.05, 0) is 152 Å². The normalized spacial score (nSPS) is 14.0. The van der Waals surface area contributed by atoms with Crippen LogP contribution in [-0.4, -0.2) is 0 Å². The zero-order chi connectivity index (χ0) is 42.4. The van der Waals surface area contributed by atoms with Crippen molar-refractivity contribution >= 4 is 40.2 Å². The molecule has 0 spiro atoms. The number of fused-ring (bicyclic) bond motifs is 6. The molecule has 0 aromatic heterocycles. The SMILES string of the molecule is C1=CC2=Cc3cc(N(c4ccc(-c5ccc(N(c6ccc(-c7ccccc7)cc6)c6ccc(-c7ccccc7)cc6)cc5)cc4)c4ccc5c(c4)Cc4ccccc4-5)ccc3C2C=C1. The number of hydrogen-bond donors (Lipinski definition) is 0. The lowest BCUT2D eigenvalue weighted by Crippen LogP contribution is -2.11. The Labute approximate surface area is 375 Å². The molecule has 64 heavy (non-hydrogen) atoms. The molecular formula is C62H44N2. The van der Waals surface area contributed by atoms with E-state index in [0.717, 1.165) is 34.9 Å². The molecule has 302 valence electrons. The molecular weight excluding hydrogens is 773 g/mol. The molecule has 0 bridgehead atoms. The van der Waals surface area contributed by atoms with Gasteiger partial charge < -0.3 is 9.80 Å². The monoisotopic (exact) mass is 816 g/mol. The fourth-order valence-corrected chi connectivity index (χ4v) is 9.90. The van der Waals surface area contributed by atoms with Gasteiger partial charge in [0, 0.05) is 40.0 Å². The minimum atomic E-state index is 0.333. The molecule has 0 N–H and O–H groups in total. The lowest BCUT2D eigenvalue weighted by Gasteiger charge is -2.27. The van der Waals surface area contributed by atoms with Crippen molar-refractivity contribution in [3.63, 3.8) is 0 Å². The van der Waals surface area contributed by atoms with Crippen molar-refractivity contribution in [2.45, 2.75) is 12.3 Å². The van der Waals surface area contributed by atoms with E-state index in [0.29, 0.717) is 5.92 Å². The number of allylic oxidation sites excluding steroid dienone is 5. The number of nitrogens with zero attached hydrogens (tertiary/aromatic N) is 2. The Hall–Kier alpha value is -8.20. The molecule has 0 fully saturated rings. The molecule has 0 saturated carbocycles. The Morgan fingerprint density at radius 1 is 0.344 bits per heavy atom. The summed E-state index contributed by atoms with van der Waals surface area (Å²) in [5.41, 5.74) is 23.4. The van der Waals surface area contributed by atoms with Crippen molar-refractivity contribution in [2.24, 2.45) is 0 Å². The van der Waals surface area contributed by atoms with Gasteiger partial charge in [-0.25, -0.2) is 0 Å². The van der Waals surface area contributed by atoms with Crippen molar-refractivity contribution in [2.75, 3.05) is 9.80 Å². The lowest BCUT2D eigenvalue weighted by molar-refractivity contribution is 1.05. The minimum Gasteiger partial charge on any atom is -0.311 e. The Morgan fingerprint density at radius 2 is 0.781 bits per heavy atom. The quantitative estimate of drug-likeness (QED) is 0.143. The standard InChI is InChI=1S/C62H44N2/c1-3-11-43(12-4-1)45-19-27-53(28-20-45)63(54-29-21-46(22-30-54)44-13-5-2-6-14-44)55-31-23-47(24-32-55)48-25-33-56(34-26-48)64(57-35-37-61-51(41-57)39-49-15-7-9-17-59(49)61)58-36-38-62-52(42-58)40-50-16-8-10-18-60(50)62/h1-39,41-42,59H,40H2. The van der Waals surface area contributed by atoms with Gasteiger partial charge in [-0.3, -0.25) is 0 Å². The molecule has 2 heteroatoms. The van der Waals surface area contributed by atoms with Gasteiger partial charge in [0.1, 0.15) is 0 Å². The maximum atomic E-state index is 2.42. The largest absolute Gasteiger partial charge is 0.311 e. The van der Waals surface area contributed by atoms with Crippen LogP contribution in [0.3, 0.4) is 0 Å². The molecule has 9 aromatic carbocycles. The van der Waals surface area contributed by atoms with Crippen LogP contribution >= 0.6 is 0 Å². The fourth-order valence-electron chi connectivity index (χ4n) is 9.90. The van der Waals surface area contributed by atoms with Crippen LogP contribution in [0.4, 0.5) is 34.1 Å². The van der Waals surface area contributed by atoms with Crippen molar-refractivity contribution in [1.82, 2.24) is 0 Å². The Morgan fingerprint density at radius 3 is 1.34 bits per heavy atom. The number of benzene rings is 9. The maximum absolute atomic E-state index is 2.42. The Kier molecular flexibility index (Phi) is 9.34. The summed E-state index contributed by atoms with van der Waals surface area (Å²) in [6.07, 6.45) is 12.2. The highest BCUT2D eigenvalue weighted by Gasteiger charge is 2.26. The van der Waals surface area contributed by atoms with Crippen molar-refractivity contribution in [1.29, 1.82) is 0 Å². The third-order valence-electron chi connectivity index (χ3n) is 13.1. The molecule has 12 rings (SSSR count). The van der Waals surface area contributed by atoms with Crippen molar-refractivity contribution < 1.29 is 0 Å². The summed E-state index contributed by atoms with van der Waals surface area (Å²) in [7, 11) is 0. The second kappa shape index (κ2) is 15.9. The average molecular weight is 817 g/mol. The van der Waals surface area contributed by atoms with Crippen LogP contribution in [0.5, 0.6) is 0 Å². The van der Waals surface area contributed by atoms with Gasteiger partial charge in [-0.2, -0.15) is 0 Å². The first-order valence-electron chi connectivity index (χ1n) is 22.2. The average Bonchev–Trinajstić information content (AvgIpc) is 3.93. The molecule has 0 heterocycles. The van der Waals surface area contributed by atoms with E-state index in [9.17, 15) is 0 Å². The van der Waals surface area contributed by atoms with E-state index < -0.39 is 0 Å². The summed E-state index contributed by atoms with van der Waals surface area (Å²) < 4.78 is 0. The van der Waals surface area contributed by atoms with Crippen LogP contribution in [0.2, 0.25) is 0 Å².